The van der Waals surface area contributed by atoms with E-state index in [1.807, 2.05) is 6.92 Å². The van der Waals surface area contributed by atoms with E-state index >= 15 is 0 Å². The highest BCUT2D eigenvalue weighted by atomic mass is 32.1. The fourth-order valence-electron chi connectivity index (χ4n) is 3.09. The van der Waals surface area contributed by atoms with Crippen LogP contribution in [0.1, 0.15) is 31.5 Å². The minimum absolute atomic E-state index is 0.101. The molecule has 0 N–H and O–H groups in total. The van der Waals surface area contributed by atoms with Crippen LogP contribution in [0.4, 0.5) is 8.78 Å². The van der Waals surface area contributed by atoms with Gasteiger partial charge in [-0.1, -0.05) is 6.07 Å². The molecule has 0 aliphatic carbocycles. The molecule has 2 aromatic heterocycles. The van der Waals surface area contributed by atoms with Gasteiger partial charge in [0.05, 0.1) is 5.56 Å². The molecule has 0 amide bonds. The van der Waals surface area contributed by atoms with Crippen LogP contribution < -0.4 is 0 Å². The predicted molar refractivity (Wildman–Crippen MR) is 95.0 cm³/mol. The standard InChI is InChI=1S/C18H18F2N4OS/c1-2-24-17(22-16(23-24)11-6-8-25-9-7-11)14-10-26-18(21-14)15-12(19)4-3-5-13(15)20/h3-5,10-11H,2,6-9H2,1H3. The average Bonchev–Trinajstić information content (AvgIpc) is 3.29. The average molecular weight is 376 g/mol. The van der Waals surface area contributed by atoms with E-state index in [2.05, 4.69) is 15.1 Å². The molecule has 0 spiro atoms. The summed E-state index contributed by atoms with van der Waals surface area (Å²) in [5.41, 5.74) is 0.483. The second-order valence-corrected chi connectivity index (χ2v) is 6.99. The van der Waals surface area contributed by atoms with Gasteiger partial charge in [0, 0.05) is 31.1 Å². The zero-order valence-corrected chi connectivity index (χ0v) is 15.1. The molecule has 0 saturated carbocycles. The molecule has 0 atom stereocenters. The molecule has 3 aromatic rings. The van der Waals surface area contributed by atoms with Gasteiger partial charge in [-0.05, 0) is 31.9 Å². The van der Waals surface area contributed by atoms with E-state index in [9.17, 15) is 8.78 Å². The fraction of sp³-hybridized carbons (Fsp3) is 0.389. The van der Waals surface area contributed by atoms with Crippen LogP contribution in [0.2, 0.25) is 0 Å². The van der Waals surface area contributed by atoms with Crippen molar-refractivity contribution in [3.05, 3.63) is 41.0 Å². The van der Waals surface area contributed by atoms with Crippen molar-refractivity contribution in [1.82, 2.24) is 19.7 Å². The van der Waals surface area contributed by atoms with Gasteiger partial charge in [-0.3, -0.25) is 0 Å². The zero-order chi connectivity index (χ0) is 18.1. The van der Waals surface area contributed by atoms with Gasteiger partial charge in [-0.25, -0.2) is 23.4 Å². The van der Waals surface area contributed by atoms with E-state index in [1.54, 1.807) is 10.1 Å². The van der Waals surface area contributed by atoms with E-state index in [4.69, 9.17) is 4.74 Å². The monoisotopic (exact) mass is 376 g/mol. The van der Waals surface area contributed by atoms with Gasteiger partial charge < -0.3 is 4.74 Å². The highest BCUT2D eigenvalue weighted by molar-refractivity contribution is 7.13. The van der Waals surface area contributed by atoms with Crippen molar-refractivity contribution in [2.45, 2.75) is 32.2 Å². The summed E-state index contributed by atoms with van der Waals surface area (Å²) in [4.78, 5) is 9.11. The van der Waals surface area contributed by atoms with Crippen LogP contribution >= 0.6 is 11.3 Å². The summed E-state index contributed by atoms with van der Waals surface area (Å²) in [6, 6.07) is 3.81. The third-order valence-electron chi connectivity index (χ3n) is 4.48. The first-order chi connectivity index (χ1) is 12.7. The Labute approximate surface area is 153 Å². The van der Waals surface area contributed by atoms with E-state index in [-0.39, 0.29) is 11.5 Å². The molecule has 3 heterocycles. The van der Waals surface area contributed by atoms with Crippen molar-refractivity contribution in [1.29, 1.82) is 0 Å². The largest absolute Gasteiger partial charge is 0.381 e. The zero-order valence-electron chi connectivity index (χ0n) is 14.3. The number of thiazole rings is 1. The van der Waals surface area contributed by atoms with Crippen molar-refractivity contribution in [3.63, 3.8) is 0 Å². The van der Waals surface area contributed by atoms with Gasteiger partial charge in [0.25, 0.3) is 0 Å². The Morgan fingerprint density at radius 2 is 1.92 bits per heavy atom. The molecule has 0 bridgehead atoms. The molecule has 1 aliphatic heterocycles. The summed E-state index contributed by atoms with van der Waals surface area (Å²) in [5, 5.41) is 6.68. The van der Waals surface area contributed by atoms with Crippen molar-refractivity contribution in [2.24, 2.45) is 0 Å². The lowest BCUT2D eigenvalue weighted by Gasteiger charge is -2.18. The quantitative estimate of drug-likeness (QED) is 0.683. The number of benzene rings is 1. The smallest absolute Gasteiger partial charge is 0.177 e. The molecule has 1 aromatic carbocycles. The number of hydrogen-bond acceptors (Lipinski definition) is 5. The number of halogens is 2. The lowest BCUT2D eigenvalue weighted by molar-refractivity contribution is 0.0835. The summed E-state index contributed by atoms with van der Waals surface area (Å²) >= 11 is 1.20. The van der Waals surface area contributed by atoms with Crippen LogP contribution in [0.5, 0.6) is 0 Å². The van der Waals surface area contributed by atoms with Crippen LogP contribution in [-0.2, 0) is 11.3 Å². The minimum Gasteiger partial charge on any atom is -0.381 e. The summed E-state index contributed by atoms with van der Waals surface area (Å²) in [7, 11) is 0. The third-order valence-corrected chi connectivity index (χ3v) is 5.34. The van der Waals surface area contributed by atoms with E-state index < -0.39 is 11.6 Å². The molecule has 4 rings (SSSR count). The lowest BCUT2D eigenvalue weighted by Crippen LogP contribution is -2.15. The topological polar surface area (TPSA) is 52.8 Å². The molecule has 5 nitrogen and oxygen atoms in total. The summed E-state index contributed by atoms with van der Waals surface area (Å²) in [6.45, 7) is 4.06. The number of nitrogens with zero attached hydrogens (tertiary/aromatic N) is 4. The highest BCUT2D eigenvalue weighted by Crippen LogP contribution is 2.33. The molecule has 1 aliphatic rings. The van der Waals surface area contributed by atoms with Crippen molar-refractivity contribution in [2.75, 3.05) is 13.2 Å². The number of aryl methyl sites for hydroxylation is 1. The highest BCUT2D eigenvalue weighted by Gasteiger charge is 2.24. The Morgan fingerprint density at radius 3 is 2.62 bits per heavy atom. The van der Waals surface area contributed by atoms with Gasteiger partial charge >= 0.3 is 0 Å². The molecular weight excluding hydrogens is 358 g/mol. The Balaban J connectivity index is 1.70. The van der Waals surface area contributed by atoms with Gasteiger partial charge in [-0.2, -0.15) is 5.10 Å². The molecule has 26 heavy (non-hydrogen) atoms. The molecular formula is C18H18F2N4OS. The van der Waals surface area contributed by atoms with Gasteiger partial charge in [-0.15, -0.1) is 11.3 Å². The van der Waals surface area contributed by atoms with Crippen LogP contribution in [-0.4, -0.2) is 33.0 Å². The molecule has 136 valence electrons. The first-order valence-electron chi connectivity index (χ1n) is 8.60. The predicted octanol–water partition coefficient (Wildman–Crippen LogP) is 4.26. The van der Waals surface area contributed by atoms with Crippen molar-refractivity contribution < 1.29 is 13.5 Å². The Hall–Kier alpha value is -2.19. The molecule has 0 unspecified atom stereocenters. The normalized spacial score (nSPS) is 15.5. The second-order valence-electron chi connectivity index (χ2n) is 6.13. The first-order valence-corrected chi connectivity index (χ1v) is 9.48. The van der Waals surface area contributed by atoms with Gasteiger partial charge in [0.15, 0.2) is 11.6 Å². The Kier molecular flexibility index (Phi) is 4.78. The molecule has 8 heteroatoms. The number of aromatic nitrogens is 4. The fourth-order valence-corrected chi connectivity index (χ4v) is 3.94. The van der Waals surface area contributed by atoms with Crippen molar-refractivity contribution >= 4 is 11.3 Å². The summed E-state index contributed by atoms with van der Waals surface area (Å²) < 4.78 is 35.2. The van der Waals surface area contributed by atoms with E-state index in [0.717, 1.165) is 18.7 Å². The number of rotatable bonds is 4. The number of hydrogen-bond donors (Lipinski definition) is 0. The Bertz CT molecular complexity index is 898. The molecule has 1 fully saturated rings. The maximum absolute atomic E-state index is 14.0. The molecule has 0 radical (unpaired) electrons. The minimum atomic E-state index is -0.620. The molecule has 1 saturated heterocycles. The van der Waals surface area contributed by atoms with Crippen LogP contribution in [0.3, 0.4) is 0 Å². The Morgan fingerprint density at radius 1 is 1.19 bits per heavy atom. The summed E-state index contributed by atoms with van der Waals surface area (Å²) in [5.74, 6) is 0.457. The van der Waals surface area contributed by atoms with E-state index in [1.165, 1.54) is 29.5 Å². The maximum atomic E-state index is 14.0. The third kappa shape index (κ3) is 3.14. The van der Waals surface area contributed by atoms with Gasteiger partial charge in [0.1, 0.15) is 22.3 Å². The van der Waals surface area contributed by atoms with Crippen molar-refractivity contribution in [3.8, 4) is 22.1 Å². The van der Waals surface area contributed by atoms with Gasteiger partial charge in [0.2, 0.25) is 0 Å². The van der Waals surface area contributed by atoms with Crippen LogP contribution in [0.15, 0.2) is 23.6 Å². The maximum Gasteiger partial charge on any atom is 0.177 e. The summed E-state index contributed by atoms with van der Waals surface area (Å²) in [6.07, 6.45) is 1.80. The van der Waals surface area contributed by atoms with E-state index in [0.29, 0.717) is 36.3 Å². The van der Waals surface area contributed by atoms with Crippen LogP contribution in [0.25, 0.3) is 22.1 Å². The second kappa shape index (κ2) is 7.20. The SMILES string of the molecule is CCn1nc(C2CCOCC2)nc1-c1csc(-c2c(F)cccc2F)n1. The lowest BCUT2D eigenvalue weighted by atomic mass is 10.00. The number of ether oxygens (including phenoxy) is 1. The first kappa shape index (κ1) is 17.2. The van der Waals surface area contributed by atoms with Crippen LogP contribution in [0, 0.1) is 11.6 Å².